The Balaban J connectivity index is 2.07. The summed E-state index contributed by atoms with van der Waals surface area (Å²) in [5.74, 6) is -0.337. The van der Waals surface area contributed by atoms with E-state index < -0.39 is 0 Å². The van der Waals surface area contributed by atoms with Crippen molar-refractivity contribution in [3.05, 3.63) is 0 Å². The number of epoxide rings is 1. The van der Waals surface area contributed by atoms with Gasteiger partial charge in [0.2, 0.25) is 5.91 Å². The molecular weight excluding hydrogens is 214 g/mol. The zero-order chi connectivity index (χ0) is 12.0. The molecule has 0 spiro atoms. The number of hydrogen-bond acceptors (Lipinski definition) is 5. The van der Waals surface area contributed by atoms with Gasteiger partial charge >= 0.3 is 0 Å². The molecule has 1 fully saturated rings. The fraction of sp³-hybridized carbons (Fsp3) is 0.778. The Labute approximate surface area is 93.7 Å². The van der Waals surface area contributed by atoms with Crippen LogP contribution in [0.4, 0.5) is 0 Å². The van der Waals surface area contributed by atoms with E-state index in [0.717, 1.165) is 0 Å². The van der Waals surface area contributed by atoms with Gasteiger partial charge < -0.3 is 20.5 Å². The van der Waals surface area contributed by atoms with E-state index in [1.54, 1.807) is 11.9 Å². The third-order valence-corrected chi connectivity index (χ3v) is 2.00. The van der Waals surface area contributed by atoms with Gasteiger partial charge in [-0.2, -0.15) is 0 Å². The lowest BCUT2D eigenvalue weighted by atomic mass is 10.4. The fourth-order valence-corrected chi connectivity index (χ4v) is 1.08. The predicted octanol–water partition coefficient (Wildman–Crippen LogP) is -2.50. The van der Waals surface area contributed by atoms with E-state index in [-0.39, 0.29) is 37.6 Å². The zero-order valence-electron chi connectivity index (χ0n) is 9.23. The standard InChI is InChI=1S/C9H17N3O4/c1-12(4-8(14)10-2-3-13)6-11-9(15)7-5-16-7/h7,13H,2-6H2,1H3,(H,10,14)(H,11,15). The van der Waals surface area contributed by atoms with Crippen molar-refractivity contribution in [2.45, 2.75) is 6.10 Å². The highest BCUT2D eigenvalue weighted by atomic mass is 16.6. The van der Waals surface area contributed by atoms with Crippen LogP contribution in [0.5, 0.6) is 0 Å². The van der Waals surface area contributed by atoms with Crippen LogP contribution in [0.1, 0.15) is 0 Å². The molecule has 1 rings (SSSR count). The van der Waals surface area contributed by atoms with E-state index in [2.05, 4.69) is 10.6 Å². The van der Waals surface area contributed by atoms with E-state index in [4.69, 9.17) is 9.84 Å². The molecule has 0 bridgehead atoms. The Morgan fingerprint density at radius 1 is 1.50 bits per heavy atom. The normalized spacial score (nSPS) is 18.3. The SMILES string of the molecule is CN(CNC(=O)C1CO1)CC(=O)NCCO. The average molecular weight is 231 g/mol. The molecule has 7 heteroatoms. The molecule has 0 aromatic rings. The molecule has 1 unspecified atom stereocenters. The topological polar surface area (TPSA) is 94.2 Å². The number of nitrogens with one attached hydrogen (secondary N) is 2. The Morgan fingerprint density at radius 3 is 2.75 bits per heavy atom. The number of carbonyl (C=O) groups excluding carboxylic acids is 2. The smallest absolute Gasteiger partial charge is 0.252 e. The van der Waals surface area contributed by atoms with Crippen molar-refractivity contribution in [3.63, 3.8) is 0 Å². The maximum atomic E-state index is 11.2. The first-order chi connectivity index (χ1) is 7.63. The predicted molar refractivity (Wildman–Crippen MR) is 55.5 cm³/mol. The summed E-state index contributed by atoms with van der Waals surface area (Å²) in [6.07, 6.45) is -0.309. The highest BCUT2D eigenvalue weighted by Gasteiger charge is 2.30. The fourth-order valence-electron chi connectivity index (χ4n) is 1.08. The second-order valence-electron chi connectivity index (χ2n) is 3.61. The van der Waals surface area contributed by atoms with Gasteiger partial charge in [-0.15, -0.1) is 0 Å². The van der Waals surface area contributed by atoms with Crippen molar-refractivity contribution in [1.29, 1.82) is 0 Å². The third-order valence-electron chi connectivity index (χ3n) is 2.00. The Kier molecular flexibility index (Phi) is 5.17. The maximum absolute atomic E-state index is 11.2. The summed E-state index contributed by atoms with van der Waals surface area (Å²) in [7, 11) is 1.71. The number of ether oxygens (including phenoxy) is 1. The second-order valence-corrected chi connectivity index (χ2v) is 3.61. The van der Waals surface area contributed by atoms with Crippen molar-refractivity contribution in [2.24, 2.45) is 0 Å². The van der Waals surface area contributed by atoms with Gasteiger partial charge in [-0.25, -0.2) is 0 Å². The molecule has 1 heterocycles. The van der Waals surface area contributed by atoms with Crippen LogP contribution in [-0.2, 0) is 14.3 Å². The van der Waals surface area contributed by atoms with Crippen molar-refractivity contribution in [3.8, 4) is 0 Å². The first kappa shape index (κ1) is 12.9. The van der Waals surface area contributed by atoms with Crippen molar-refractivity contribution < 1.29 is 19.4 Å². The van der Waals surface area contributed by atoms with E-state index >= 15 is 0 Å². The van der Waals surface area contributed by atoms with Gasteiger partial charge in [0.15, 0.2) is 6.10 Å². The van der Waals surface area contributed by atoms with Crippen molar-refractivity contribution >= 4 is 11.8 Å². The van der Waals surface area contributed by atoms with Gasteiger partial charge in [0.1, 0.15) is 0 Å². The van der Waals surface area contributed by atoms with Crippen LogP contribution in [0, 0.1) is 0 Å². The molecule has 0 aromatic carbocycles. The van der Waals surface area contributed by atoms with E-state index in [0.29, 0.717) is 13.3 Å². The second kappa shape index (κ2) is 6.41. The molecule has 7 nitrogen and oxygen atoms in total. The van der Waals surface area contributed by atoms with Crippen LogP contribution >= 0.6 is 0 Å². The van der Waals surface area contributed by atoms with Gasteiger partial charge in [-0.05, 0) is 7.05 Å². The number of carbonyl (C=O) groups is 2. The summed E-state index contributed by atoms with van der Waals surface area (Å²) in [4.78, 5) is 24.0. The van der Waals surface area contributed by atoms with Crippen molar-refractivity contribution in [2.75, 3.05) is 40.0 Å². The molecule has 3 N–H and O–H groups in total. The molecular formula is C9H17N3O4. The van der Waals surface area contributed by atoms with Crippen LogP contribution in [0.3, 0.4) is 0 Å². The Hall–Kier alpha value is -1.18. The number of rotatable bonds is 7. The minimum atomic E-state index is -0.309. The quantitative estimate of drug-likeness (QED) is 0.332. The summed E-state index contributed by atoms with van der Waals surface area (Å²) < 4.78 is 4.80. The molecule has 92 valence electrons. The minimum Gasteiger partial charge on any atom is -0.395 e. The summed E-state index contributed by atoms with van der Waals surface area (Å²) in [6, 6.07) is 0. The number of nitrogens with zero attached hydrogens (tertiary/aromatic N) is 1. The first-order valence-corrected chi connectivity index (χ1v) is 5.09. The third kappa shape index (κ3) is 5.06. The summed E-state index contributed by atoms with van der Waals surface area (Å²) in [5, 5.41) is 13.7. The van der Waals surface area contributed by atoms with Gasteiger partial charge in [0.05, 0.1) is 26.4 Å². The van der Waals surface area contributed by atoms with E-state index in [9.17, 15) is 9.59 Å². The Bertz CT molecular complexity index is 255. The molecule has 1 saturated heterocycles. The molecule has 2 amide bonds. The number of likely N-dealkylation sites (N-methyl/N-ethyl adjacent to an activating group) is 1. The lowest BCUT2D eigenvalue weighted by Crippen LogP contribution is -2.42. The lowest BCUT2D eigenvalue weighted by molar-refractivity contribution is -0.125. The molecule has 1 aliphatic rings. The molecule has 0 saturated carbocycles. The highest BCUT2D eigenvalue weighted by Crippen LogP contribution is 2.07. The minimum absolute atomic E-state index is 0.0782. The molecule has 0 aromatic heterocycles. The number of amides is 2. The average Bonchev–Trinajstić information content (AvgIpc) is 3.06. The summed E-state index contributed by atoms with van der Waals surface area (Å²) in [5.41, 5.74) is 0. The van der Waals surface area contributed by atoms with Crippen molar-refractivity contribution in [1.82, 2.24) is 15.5 Å². The van der Waals surface area contributed by atoms with Crippen LogP contribution in [0.15, 0.2) is 0 Å². The largest absolute Gasteiger partial charge is 0.395 e. The van der Waals surface area contributed by atoms with Crippen LogP contribution in [0.25, 0.3) is 0 Å². The van der Waals surface area contributed by atoms with E-state index in [1.165, 1.54) is 0 Å². The zero-order valence-corrected chi connectivity index (χ0v) is 9.23. The highest BCUT2D eigenvalue weighted by molar-refractivity contribution is 5.82. The number of hydrogen-bond donors (Lipinski definition) is 3. The molecule has 0 radical (unpaired) electrons. The van der Waals surface area contributed by atoms with Crippen LogP contribution in [0.2, 0.25) is 0 Å². The van der Waals surface area contributed by atoms with Gasteiger partial charge in [0, 0.05) is 6.54 Å². The Morgan fingerprint density at radius 2 is 2.19 bits per heavy atom. The van der Waals surface area contributed by atoms with Gasteiger partial charge in [-0.3, -0.25) is 14.5 Å². The monoisotopic (exact) mass is 231 g/mol. The maximum Gasteiger partial charge on any atom is 0.252 e. The molecule has 0 aliphatic carbocycles. The number of aliphatic hydroxyl groups excluding tert-OH is 1. The summed E-state index contributed by atoms with van der Waals surface area (Å²) >= 11 is 0. The molecule has 16 heavy (non-hydrogen) atoms. The summed E-state index contributed by atoms with van der Waals surface area (Å²) in [6.45, 7) is 1.11. The van der Waals surface area contributed by atoms with Crippen LogP contribution in [-0.4, -0.2) is 67.9 Å². The lowest BCUT2D eigenvalue weighted by Gasteiger charge is -2.16. The van der Waals surface area contributed by atoms with Gasteiger partial charge in [-0.1, -0.05) is 0 Å². The van der Waals surface area contributed by atoms with Gasteiger partial charge in [0.25, 0.3) is 5.91 Å². The first-order valence-electron chi connectivity index (χ1n) is 5.09. The molecule has 1 atom stereocenters. The van der Waals surface area contributed by atoms with E-state index in [1.807, 2.05) is 0 Å². The van der Waals surface area contributed by atoms with Crippen LogP contribution < -0.4 is 10.6 Å². The number of aliphatic hydroxyl groups is 1. The molecule has 1 aliphatic heterocycles.